The van der Waals surface area contributed by atoms with E-state index >= 15 is 0 Å². The number of nitrogens with one attached hydrogen (secondary N) is 2. The molecule has 0 unspecified atom stereocenters. The van der Waals surface area contributed by atoms with Gasteiger partial charge in [0.05, 0.1) is 25.6 Å². The maximum Gasteiger partial charge on any atom is 0.490 e. The van der Waals surface area contributed by atoms with Crippen molar-refractivity contribution in [2.24, 2.45) is 0 Å². The Bertz CT molecular complexity index is 1440. The predicted molar refractivity (Wildman–Crippen MR) is 140 cm³/mol. The summed E-state index contributed by atoms with van der Waals surface area (Å²) in [7, 11) is 3.19. The van der Waals surface area contributed by atoms with E-state index in [4.69, 9.17) is 31.0 Å². The van der Waals surface area contributed by atoms with E-state index in [0.29, 0.717) is 28.3 Å². The molecule has 0 atom stereocenters. The van der Waals surface area contributed by atoms with Crippen molar-refractivity contribution in [2.45, 2.75) is 20.0 Å². The van der Waals surface area contributed by atoms with E-state index in [1.807, 2.05) is 61.0 Å². The smallest absolute Gasteiger partial charge is 0.490 e. The second kappa shape index (κ2) is 12.3. The predicted octanol–water partition coefficient (Wildman–Crippen LogP) is 6.07. The van der Waals surface area contributed by atoms with Crippen LogP contribution in [0.2, 0.25) is 5.02 Å². The first-order valence-corrected chi connectivity index (χ1v) is 11.5. The number of aromatic nitrogens is 4. The molecule has 0 radical (unpaired) electrons. The Kier molecular flexibility index (Phi) is 9.20. The lowest BCUT2D eigenvalue weighted by Gasteiger charge is -2.13. The van der Waals surface area contributed by atoms with E-state index < -0.39 is 12.1 Å². The molecular formula is C25H24ClF3N6O4. The molecule has 0 aliphatic heterocycles. The monoisotopic (exact) mass is 564 g/mol. The number of carbonyl (C=O) groups is 1. The molecule has 2 aromatic carbocycles. The minimum Gasteiger partial charge on any atom is -0.493 e. The number of carboxylic acids is 1. The molecule has 0 saturated carbocycles. The second-order valence-electron chi connectivity index (χ2n) is 7.84. The Hall–Kier alpha value is -4.52. The molecule has 0 aliphatic rings. The van der Waals surface area contributed by atoms with Crippen LogP contribution in [-0.4, -0.2) is 51.2 Å². The van der Waals surface area contributed by atoms with Gasteiger partial charge in [-0.1, -0.05) is 11.6 Å². The molecule has 0 fully saturated rings. The van der Waals surface area contributed by atoms with Gasteiger partial charge in [0.2, 0.25) is 5.95 Å². The van der Waals surface area contributed by atoms with Crippen LogP contribution in [0.3, 0.4) is 0 Å². The highest BCUT2D eigenvalue weighted by Crippen LogP contribution is 2.31. The quantitative estimate of drug-likeness (QED) is 0.245. The van der Waals surface area contributed by atoms with Crippen molar-refractivity contribution in [1.29, 1.82) is 0 Å². The summed E-state index contributed by atoms with van der Waals surface area (Å²) in [5.74, 6) is 0.392. The van der Waals surface area contributed by atoms with Crippen molar-refractivity contribution < 1.29 is 32.5 Å². The van der Waals surface area contributed by atoms with E-state index in [1.54, 1.807) is 26.5 Å². The van der Waals surface area contributed by atoms with Crippen LogP contribution in [0.1, 0.15) is 11.3 Å². The van der Waals surface area contributed by atoms with E-state index in [1.165, 1.54) is 0 Å². The summed E-state index contributed by atoms with van der Waals surface area (Å²) in [5, 5.41) is 19.0. The average Bonchev–Trinajstić information content (AvgIpc) is 3.17. The molecule has 3 N–H and O–H groups in total. The number of rotatable bonds is 7. The van der Waals surface area contributed by atoms with Crippen LogP contribution in [0.15, 0.2) is 54.7 Å². The molecule has 4 aromatic rings. The van der Waals surface area contributed by atoms with Gasteiger partial charge in [-0.05, 0) is 56.3 Å². The van der Waals surface area contributed by atoms with Crippen LogP contribution in [0.25, 0.3) is 5.69 Å². The van der Waals surface area contributed by atoms with Crippen LogP contribution in [0.4, 0.5) is 36.4 Å². The number of aryl methyl sites for hydroxylation is 1. The Morgan fingerprint density at radius 3 is 2.23 bits per heavy atom. The maximum absolute atomic E-state index is 10.6. The molecule has 0 spiro atoms. The van der Waals surface area contributed by atoms with Gasteiger partial charge in [-0.3, -0.25) is 0 Å². The molecular weight excluding hydrogens is 541 g/mol. The highest BCUT2D eigenvalue weighted by molar-refractivity contribution is 6.30. The highest BCUT2D eigenvalue weighted by atomic mass is 35.5. The maximum atomic E-state index is 10.6. The third-order valence-electron chi connectivity index (χ3n) is 5.22. The fraction of sp³-hybridized carbons (Fsp3) is 0.200. The fourth-order valence-corrected chi connectivity index (χ4v) is 3.30. The molecule has 0 bridgehead atoms. The topological polar surface area (TPSA) is 123 Å². The van der Waals surface area contributed by atoms with Crippen LogP contribution >= 0.6 is 11.6 Å². The summed E-state index contributed by atoms with van der Waals surface area (Å²) in [6, 6.07) is 14.8. The third-order valence-corrected chi connectivity index (χ3v) is 5.47. The number of hydrogen-bond donors (Lipinski definition) is 3. The van der Waals surface area contributed by atoms with Crippen molar-refractivity contribution in [3.8, 4) is 17.2 Å². The molecule has 10 nitrogen and oxygen atoms in total. The van der Waals surface area contributed by atoms with Crippen molar-refractivity contribution in [1.82, 2.24) is 19.7 Å². The lowest BCUT2D eigenvalue weighted by atomic mass is 10.2. The van der Waals surface area contributed by atoms with Gasteiger partial charge in [0, 0.05) is 28.5 Å². The van der Waals surface area contributed by atoms with E-state index in [0.717, 1.165) is 28.5 Å². The molecule has 0 aliphatic carbocycles. The van der Waals surface area contributed by atoms with Gasteiger partial charge in [-0.25, -0.2) is 14.5 Å². The van der Waals surface area contributed by atoms with Gasteiger partial charge < -0.3 is 25.2 Å². The molecule has 2 aromatic heterocycles. The lowest BCUT2D eigenvalue weighted by Crippen LogP contribution is -2.21. The van der Waals surface area contributed by atoms with Gasteiger partial charge in [-0.15, -0.1) is 0 Å². The summed E-state index contributed by atoms with van der Waals surface area (Å²) in [4.78, 5) is 17.8. The Labute approximate surface area is 226 Å². The van der Waals surface area contributed by atoms with Gasteiger partial charge >= 0.3 is 12.1 Å². The minimum absolute atomic E-state index is 0.439. The average molecular weight is 565 g/mol. The zero-order valence-electron chi connectivity index (χ0n) is 21.2. The van der Waals surface area contributed by atoms with Crippen LogP contribution in [0.5, 0.6) is 11.5 Å². The number of benzene rings is 2. The lowest BCUT2D eigenvalue weighted by molar-refractivity contribution is -0.192. The van der Waals surface area contributed by atoms with Crippen molar-refractivity contribution in [3.05, 3.63) is 71.0 Å². The number of nitrogens with zero attached hydrogens (tertiary/aromatic N) is 4. The van der Waals surface area contributed by atoms with E-state index in [-0.39, 0.29) is 0 Å². The number of anilines is 4. The van der Waals surface area contributed by atoms with Gasteiger partial charge in [0.15, 0.2) is 11.5 Å². The Balaban J connectivity index is 0.000000532. The summed E-state index contributed by atoms with van der Waals surface area (Å²) in [5.41, 5.74) is 3.61. The van der Waals surface area contributed by atoms with Crippen LogP contribution < -0.4 is 20.1 Å². The fourth-order valence-electron chi connectivity index (χ4n) is 3.17. The summed E-state index contributed by atoms with van der Waals surface area (Å²) in [6.45, 7) is 3.98. The Morgan fingerprint density at radius 1 is 1.00 bits per heavy atom. The van der Waals surface area contributed by atoms with Crippen LogP contribution in [0, 0.1) is 13.8 Å². The largest absolute Gasteiger partial charge is 0.493 e. The molecule has 0 amide bonds. The van der Waals surface area contributed by atoms with Crippen molar-refractivity contribution in [3.63, 3.8) is 0 Å². The number of ether oxygens (including phenoxy) is 2. The first-order valence-electron chi connectivity index (χ1n) is 11.1. The number of aliphatic carboxylic acids is 1. The molecule has 0 saturated heterocycles. The molecule has 2 heterocycles. The molecule has 39 heavy (non-hydrogen) atoms. The minimum atomic E-state index is -5.08. The SMILES string of the molecule is COc1ccc(Nc2nccc(Nc3c(C)c(C)nn3-c3ccc(Cl)cc3)n2)cc1OC.O=C(O)C(F)(F)F. The summed E-state index contributed by atoms with van der Waals surface area (Å²) < 4.78 is 44.2. The zero-order chi connectivity index (χ0) is 28.7. The number of hydrogen-bond acceptors (Lipinski definition) is 8. The second-order valence-corrected chi connectivity index (χ2v) is 8.27. The standard InChI is InChI=1S/C23H23ClN6O2.C2HF3O2/c1-14-15(2)29-30(18-8-5-16(24)6-9-18)22(14)27-21-11-12-25-23(28-21)26-17-7-10-19(31-3)20(13-17)32-4;3-2(4,5)1(6)7/h5-13H,1-4H3,(H2,25,26,27,28);(H,6,7). The first kappa shape index (κ1) is 29.0. The highest BCUT2D eigenvalue weighted by Gasteiger charge is 2.38. The molecule has 14 heteroatoms. The molecule has 4 rings (SSSR count). The van der Waals surface area contributed by atoms with Crippen molar-refractivity contribution in [2.75, 3.05) is 24.9 Å². The van der Waals surface area contributed by atoms with Gasteiger partial charge in [0.25, 0.3) is 0 Å². The zero-order valence-corrected chi connectivity index (χ0v) is 21.9. The number of halogens is 4. The van der Waals surface area contributed by atoms with Crippen LogP contribution in [-0.2, 0) is 4.79 Å². The van der Waals surface area contributed by atoms with E-state index in [2.05, 4.69) is 25.7 Å². The number of carboxylic acid groups (broad SMARTS) is 1. The summed E-state index contributed by atoms with van der Waals surface area (Å²) >= 11 is 6.04. The third kappa shape index (κ3) is 7.51. The Morgan fingerprint density at radius 2 is 1.64 bits per heavy atom. The first-order chi connectivity index (χ1) is 18.4. The number of methoxy groups -OCH3 is 2. The molecule has 206 valence electrons. The normalized spacial score (nSPS) is 10.8. The summed E-state index contributed by atoms with van der Waals surface area (Å²) in [6.07, 6.45) is -3.40. The van der Waals surface area contributed by atoms with Crippen molar-refractivity contribution >= 4 is 40.8 Å². The van der Waals surface area contributed by atoms with E-state index in [9.17, 15) is 13.2 Å². The number of alkyl halides is 3. The van der Waals surface area contributed by atoms with Gasteiger partial charge in [0.1, 0.15) is 11.6 Å². The van der Waals surface area contributed by atoms with Gasteiger partial charge in [-0.2, -0.15) is 23.3 Å².